The molecule has 0 spiro atoms. The molecule has 0 saturated heterocycles. The Morgan fingerprint density at radius 1 is 0.923 bits per heavy atom. The summed E-state index contributed by atoms with van der Waals surface area (Å²) in [5.74, 6) is 6.61. The first-order valence-corrected chi connectivity index (χ1v) is 4.37. The van der Waals surface area contributed by atoms with Gasteiger partial charge in [0.1, 0.15) is 0 Å². The van der Waals surface area contributed by atoms with Crippen LogP contribution in [0.4, 0.5) is 0 Å². The van der Waals surface area contributed by atoms with Crippen molar-refractivity contribution in [3.8, 4) is 11.8 Å². The zero-order valence-corrected chi connectivity index (χ0v) is 7.27. The van der Waals surface area contributed by atoms with E-state index in [1.165, 1.54) is 0 Å². The molecule has 0 bridgehead atoms. The van der Waals surface area contributed by atoms with Crippen molar-refractivity contribution in [2.75, 3.05) is 0 Å². The average Bonchev–Trinajstić information content (AvgIpc) is 2.69. The van der Waals surface area contributed by atoms with Crippen LogP contribution in [-0.4, -0.2) is 0 Å². The molecule has 1 aromatic rings. The van der Waals surface area contributed by atoms with Crippen molar-refractivity contribution in [1.82, 2.24) is 0 Å². The average molecular weight is 166 g/mol. The van der Waals surface area contributed by atoms with Crippen LogP contribution in [-0.2, 0) is 0 Å². The van der Waals surface area contributed by atoms with Crippen LogP contribution in [0.2, 0.25) is 0 Å². The maximum Gasteiger partial charge on any atom is 0.0573 e. The normalized spacial score (nSPS) is 14.2. The molecule has 1 aliphatic rings. The zero-order chi connectivity index (χ0) is 8.93. The highest BCUT2D eigenvalue weighted by atomic mass is 14.0. The molecule has 0 aliphatic heterocycles. The van der Waals surface area contributed by atoms with Gasteiger partial charge in [0.05, 0.1) is 5.92 Å². The zero-order valence-electron chi connectivity index (χ0n) is 7.27. The van der Waals surface area contributed by atoms with Crippen molar-refractivity contribution < 1.29 is 0 Å². The quantitative estimate of drug-likeness (QED) is 0.520. The van der Waals surface area contributed by atoms with Crippen molar-refractivity contribution in [3.63, 3.8) is 0 Å². The van der Waals surface area contributed by atoms with E-state index in [0.717, 1.165) is 5.56 Å². The third kappa shape index (κ3) is 2.10. The molecule has 0 atom stereocenters. The van der Waals surface area contributed by atoms with Crippen LogP contribution in [0.1, 0.15) is 5.56 Å². The maximum absolute atomic E-state index is 3.17. The summed E-state index contributed by atoms with van der Waals surface area (Å²) in [5, 5.41) is 0. The molecule has 0 heterocycles. The summed E-state index contributed by atoms with van der Waals surface area (Å²) < 4.78 is 0. The van der Waals surface area contributed by atoms with Gasteiger partial charge in [0.15, 0.2) is 0 Å². The van der Waals surface area contributed by atoms with E-state index in [1.54, 1.807) is 0 Å². The van der Waals surface area contributed by atoms with E-state index in [0.29, 0.717) is 5.92 Å². The fourth-order valence-corrected chi connectivity index (χ4v) is 1.22. The van der Waals surface area contributed by atoms with Crippen LogP contribution < -0.4 is 0 Å². The van der Waals surface area contributed by atoms with Crippen LogP contribution in [0.3, 0.4) is 0 Å². The molecule has 1 aromatic carbocycles. The Morgan fingerprint density at radius 2 is 1.62 bits per heavy atom. The Kier molecular flexibility index (Phi) is 2.29. The number of allylic oxidation sites excluding steroid dienone is 4. The van der Waals surface area contributed by atoms with Crippen LogP contribution in [0, 0.1) is 17.8 Å². The first-order chi connectivity index (χ1) is 6.45. The lowest BCUT2D eigenvalue weighted by Gasteiger charge is -1.90. The molecule has 0 unspecified atom stereocenters. The van der Waals surface area contributed by atoms with Gasteiger partial charge in [-0.2, -0.15) is 0 Å². The fourth-order valence-electron chi connectivity index (χ4n) is 1.22. The highest BCUT2D eigenvalue weighted by Gasteiger charge is 1.96. The molecule has 0 radical (unpaired) electrons. The van der Waals surface area contributed by atoms with Gasteiger partial charge in [-0.1, -0.05) is 54.3 Å². The van der Waals surface area contributed by atoms with Gasteiger partial charge in [-0.05, 0) is 12.1 Å². The van der Waals surface area contributed by atoms with Gasteiger partial charge in [0.2, 0.25) is 0 Å². The molecule has 0 nitrogen and oxygen atoms in total. The van der Waals surface area contributed by atoms with Crippen molar-refractivity contribution in [2.24, 2.45) is 5.92 Å². The summed E-state index contributed by atoms with van der Waals surface area (Å²) in [6, 6.07) is 10.1. The van der Waals surface area contributed by atoms with Crippen molar-refractivity contribution >= 4 is 0 Å². The Bertz CT molecular complexity index is 373. The summed E-state index contributed by atoms with van der Waals surface area (Å²) in [7, 11) is 0. The molecule has 0 aromatic heterocycles. The molecule has 0 fully saturated rings. The number of rotatable bonds is 0. The lowest BCUT2D eigenvalue weighted by molar-refractivity contribution is 1.15. The Balaban J connectivity index is 2.13. The predicted octanol–water partition coefficient (Wildman–Crippen LogP) is 2.78. The van der Waals surface area contributed by atoms with Gasteiger partial charge >= 0.3 is 0 Å². The van der Waals surface area contributed by atoms with Gasteiger partial charge in [-0.15, -0.1) is 0 Å². The molecular weight excluding hydrogens is 156 g/mol. The van der Waals surface area contributed by atoms with E-state index in [2.05, 4.69) is 24.0 Å². The highest BCUT2D eigenvalue weighted by Crippen LogP contribution is 2.07. The van der Waals surface area contributed by atoms with Gasteiger partial charge in [0, 0.05) is 5.56 Å². The molecule has 0 saturated carbocycles. The molecule has 2 rings (SSSR count). The van der Waals surface area contributed by atoms with Crippen LogP contribution in [0.15, 0.2) is 54.6 Å². The van der Waals surface area contributed by atoms with Gasteiger partial charge < -0.3 is 0 Å². The lowest BCUT2D eigenvalue weighted by atomic mass is 10.1. The van der Waals surface area contributed by atoms with E-state index < -0.39 is 0 Å². The lowest BCUT2D eigenvalue weighted by Crippen LogP contribution is -1.81. The van der Waals surface area contributed by atoms with Crippen molar-refractivity contribution in [2.45, 2.75) is 0 Å². The molecule has 62 valence electrons. The summed E-state index contributed by atoms with van der Waals surface area (Å²) in [6.07, 6.45) is 8.25. The van der Waals surface area contributed by atoms with Crippen LogP contribution in [0.25, 0.3) is 0 Å². The second-order valence-electron chi connectivity index (χ2n) is 2.93. The maximum atomic E-state index is 3.17. The summed E-state index contributed by atoms with van der Waals surface area (Å²) in [4.78, 5) is 0. The molecule has 0 N–H and O–H groups in total. The molecule has 0 amide bonds. The highest BCUT2D eigenvalue weighted by molar-refractivity contribution is 5.37. The van der Waals surface area contributed by atoms with E-state index in [9.17, 15) is 0 Å². The SMILES string of the molecule is C(#CC1C=CC=C1)c1ccccc1. The smallest absolute Gasteiger partial charge is 0.0573 e. The summed E-state index contributed by atoms with van der Waals surface area (Å²) in [6.45, 7) is 0. The Morgan fingerprint density at radius 3 is 2.31 bits per heavy atom. The minimum atomic E-state index is 0.306. The minimum absolute atomic E-state index is 0.306. The summed E-state index contributed by atoms with van der Waals surface area (Å²) >= 11 is 0. The standard InChI is InChI=1S/C13H10/c1-2-6-12(7-3-1)10-11-13-8-4-5-9-13/h1-9,13H. The van der Waals surface area contributed by atoms with E-state index in [1.807, 2.05) is 42.5 Å². The number of benzene rings is 1. The largest absolute Gasteiger partial charge is 0.0861 e. The number of hydrogen-bond donors (Lipinski definition) is 0. The van der Waals surface area contributed by atoms with E-state index in [4.69, 9.17) is 0 Å². The first kappa shape index (κ1) is 7.89. The van der Waals surface area contributed by atoms with E-state index >= 15 is 0 Å². The molecular formula is C13H10. The van der Waals surface area contributed by atoms with E-state index in [-0.39, 0.29) is 0 Å². The minimum Gasteiger partial charge on any atom is -0.0861 e. The third-order valence-corrected chi connectivity index (χ3v) is 1.90. The van der Waals surface area contributed by atoms with Crippen LogP contribution >= 0.6 is 0 Å². The Hall–Kier alpha value is -1.74. The first-order valence-electron chi connectivity index (χ1n) is 4.37. The second-order valence-corrected chi connectivity index (χ2v) is 2.93. The van der Waals surface area contributed by atoms with Crippen molar-refractivity contribution in [1.29, 1.82) is 0 Å². The molecule has 1 aliphatic carbocycles. The molecule has 0 heteroatoms. The van der Waals surface area contributed by atoms with Crippen molar-refractivity contribution in [3.05, 3.63) is 60.2 Å². The third-order valence-electron chi connectivity index (χ3n) is 1.90. The predicted molar refractivity (Wildman–Crippen MR) is 55.1 cm³/mol. The topological polar surface area (TPSA) is 0 Å². The van der Waals surface area contributed by atoms with Gasteiger partial charge in [0.25, 0.3) is 0 Å². The monoisotopic (exact) mass is 166 g/mol. The van der Waals surface area contributed by atoms with Gasteiger partial charge in [-0.3, -0.25) is 0 Å². The molecule has 13 heavy (non-hydrogen) atoms. The van der Waals surface area contributed by atoms with Crippen LogP contribution in [0.5, 0.6) is 0 Å². The second kappa shape index (κ2) is 3.78. The number of hydrogen-bond acceptors (Lipinski definition) is 0. The fraction of sp³-hybridized carbons (Fsp3) is 0.0769. The summed E-state index contributed by atoms with van der Waals surface area (Å²) in [5.41, 5.74) is 1.08. The van der Waals surface area contributed by atoms with Gasteiger partial charge in [-0.25, -0.2) is 0 Å². The Labute approximate surface area is 78.6 Å².